The number of hydrogen-bond donors (Lipinski definition) is 9. The molecule has 12 unspecified atom stereocenters. The number of ether oxygens (including phenoxy) is 4. The predicted molar refractivity (Wildman–Crippen MR) is 254 cm³/mol. The molecule has 378 valence electrons. The van der Waals surface area contributed by atoms with E-state index in [4.69, 9.17) is 18.9 Å². The van der Waals surface area contributed by atoms with Crippen molar-refractivity contribution in [2.75, 3.05) is 19.8 Å². The van der Waals surface area contributed by atoms with Gasteiger partial charge in [-0.25, -0.2) is 0 Å². The Bertz CT molecular complexity index is 1280. The van der Waals surface area contributed by atoms with E-state index >= 15 is 0 Å². The lowest BCUT2D eigenvalue weighted by molar-refractivity contribution is -0.359. The summed E-state index contributed by atoms with van der Waals surface area (Å²) in [6.45, 7) is 2.72. The second-order valence-corrected chi connectivity index (χ2v) is 17.9. The highest BCUT2D eigenvalue weighted by atomic mass is 16.7. The second-order valence-electron chi connectivity index (χ2n) is 17.9. The third-order valence-corrected chi connectivity index (χ3v) is 12.2. The van der Waals surface area contributed by atoms with Crippen LogP contribution in [0.25, 0.3) is 0 Å². The van der Waals surface area contributed by atoms with Gasteiger partial charge in [0.15, 0.2) is 12.6 Å². The van der Waals surface area contributed by atoms with Crippen LogP contribution in [-0.4, -0.2) is 140 Å². The van der Waals surface area contributed by atoms with E-state index in [1.165, 1.54) is 77.0 Å². The van der Waals surface area contributed by atoms with Gasteiger partial charge in [0, 0.05) is 6.42 Å². The van der Waals surface area contributed by atoms with E-state index in [-0.39, 0.29) is 18.9 Å². The van der Waals surface area contributed by atoms with Crippen molar-refractivity contribution in [3.63, 3.8) is 0 Å². The molecule has 0 aromatic heterocycles. The number of aliphatic hydroxyl groups is 8. The van der Waals surface area contributed by atoms with Crippen LogP contribution < -0.4 is 5.32 Å². The van der Waals surface area contributed by atoms with Crippen molar-refractivity contribution in [3.05, 3.63) is 48.6 Å². The van der Waals surface area contributed by atoms with Crippen molar-refractivity contribution in [3.8, 4) is 0 Å². The maximum Gasteiger partial charge on any atom is 0.220 e. The fraction of sp³-hybridized carbons (Fsp3) is 0.824. The molecule has 0 saturated carbocycles. The number of aliphatic hydroxyl groups excluding tert-OH is 8. The first-order chi connectivity index (χ1) is 31.6. The second kappa shape index (κ2) is 37.9. The van der Waals surface area contributed by atoms with Gasteiger partial charge in [-0.15, -0.1) is 0 Å². The van der Waals surface area contributed by atoms with E-state index < -0.39 is 86.8 Å². The summed E-state index contributed by atoms with van der Waals surface area (Å²) in [4.78, 5) is 13.2. The van der Waals surface area contributed by atoms with Crippen LogP contribution in [0.5, 0.6) is 0 Å². The van der Waals surface area contributed by atoms with Gasteiger partial charge in [0.2, 0.25) is 5.91 Å². The SMILES string of the molecule is CCCCCCCC/C=C\CCCCCCCC(=O)NC(COC1OC(CO)C(OC2OC(CO)C(O)C(O)C2O)C(O)C1O)C(O)/C=C/CC/C=C/CC/C=C/CCCCCCCC. The van der Waals surface area contributed by atoms with Gasteiger partial charge in [0.25, 0.3) is 0 Å². The van der Waals surface area contributed by atoms with Gasteiger partial charge >= 0.3 is 0 Å². The Morgan fingerprint density at radius 3 is 1.51 bits per heavy atom. The standard InChI is InChI=1S/C51H91NO13/c1-3-5-7-9-11-13-15-17-19-21-22-24-26-28-30-32-34-40(55)39(52-43(56)35-33-31-29-27-25-23-20-18-16-14-12-10-8-6-4-2)38-62-50-48(61)46(59)49(42(37-54)64-50)65-51-47(60)45(58)44(57)41(36-53)63-51/h17-20,24,26,32,34,39-42,44-51,53-55,57-61H,3-16,21-23,25,27-31,33,35-38H2,1-2H3,(H,52,56)/b19-17+,20-18-,26-24+,34-32+. The molecule has 14 nitrogen and oxygen atoms in total. The highest BCUT2D eigenvalue weighted by Gasteiger charge is 2.51. The van der Waals surface area contributed by atoms with E-state index in [1.807, 2.05) is 6.08 Å². The molecular weight excluding hydrogens is 835 g/mol. The van der Waals surface area contributed by atoms with Crippen LogP contribution in [0.1, 0.15) is 174 Å². The van der Waals surface area contributed by atoms with E-state index in [2.05, 4.69) is 55.6 Å². The first-order valence-corrected chi connectivity index (χ1v) is 25.4. The van der Waals surface area contributed by atoms with Crippen molar-refractivity contribution in [1.82, 2.24) is 5.32 Å². The van der Waals surface area contributed by atoms with Gasteiger partial charge in [-0.1, -0.05) is 146 Å². The summed E-state index contributed by atoms with van der Waals surface area (Å²) in [7, 11) is 0. The third kappa shape index (κ3) is 25.2. The van der Waals surface area contributed by atoms with Crippen molar-refractivity contribution < 1.29 is 64.6 Å². The van der Waals surface area contributed by atoms with E-state index in [0.29, 0.717) is 12.8 Å². The predicted octanol–water partition coefficient (Wildman–Crippen LogP) is 6.49. The fourth-order valence-corrected chi connectivity index (χ4v) is 8.02. The smallest absolute Gasteiger partial charge is 0.220 e. The van der Waals surface area contributed by atoms with Gasteiger partial charge < -0.3 is 65.1 Å². The Kier molecular flexibility index (Phi) is 34.4. The van der Waals surface area contributed by atoms with Gasteiger partial charge in [-0.2, -0.15) is 0 Å². The Balaban J connectivity index is 1.89. The highest BCUT2D eigenvalue weighted by molar-refractivity contribution is 5.76. The molecule has 12 atom stereocenters. The first kappa shape index (κ1) is 59.1. The summed E-state index contributed by atoms with van der Waals surface area (Å²) in [6.07, 6.45) is 27.2. The third-order valence-electron chi connectivity index (χ3n) is 12.2. The molecule has 0 aliphatic carbocycles. The maximum atomic E-state index is 13.2. The zero-order valence-corrected chi connectivity index (χ0v) is 40.0. The molecule has 2 aliphatic heterocycles. The molecule has 2 aliphatic rings. The Hall–Kier alpha value is -2.05. The number of hydrogen-bond acceptors (Lipinski definition) is 13. The Labute approximate surface area is 391 Å². The van der Waals surface area contributed by atoms with Crippen LogP contribution in [-0.2, 0) is 23.7 Å². The first-order valence-electron chi connectivity index (χ1n) is 25.4. The fourth-order valence-electron chi connectivity index (χ4n) is 8.02. The molecule has 0 aromatic carbocycles. The average Bonchev–Trinajstić information content (AvgIpc) is 3.30. The summed E-state index contributed by atoms with van der Waals surface area (Å²) in [5.74, 6) is -0.265. The Morgan fingerprint density at radius 1 is 0.538 bits per heavy atom. The molecule has 0 radical (unpaired) electrons. The average molecular weight is 926 g/mol. The summed E-state index contributed by atoms with van der Waals surface area (Å²) in [5, 5.41) is 86.7. The summed E-state index contributed by atoms with van der Waals surface area (Å²) in [6, 6.07) is -0.941. The molecule has 2 fully saturated rings. The number of allylic oxidation sites excluding steroid dienone is 7. The summed E-state index contributed by atoms with van der Waals surface area (Å²) < 4.78 is 22.6. The normalized spacial score (nSPS) is 27.4. The monoisotopic (exact) mass is 926 g/mol. The van der Waals surface area contributed by atoms with E-state index in [1.54, 1.807) is 6.08 Å². The zero-order chi connectivity index (χ0) is 47.5. The van der Waals surface area contributed by atoms with Crippen molar-refractivity contribution in [1.29, 1.82) is 0 Å². The van der Waals surface area contributed by atoms with Crippen LogP contribution >= 0.6 is 0 Å². The number of carbonyl (C=O) groups excluding carboxylic acids is 1. The van der Waals surface area contributed by atoms with Crippen molar-refractivity contribution in [2.45, 2.75) is 248 Å². The lowest BCUT2D eigenvalue weighted by Crippen LogP contribution is -2.65. The molecule has 65 heavy (non-hydrogen) atoms. The lowest BCUT2D eigenvalue weighted by atomic mass is 9.97. The van der Waals surface area contributed by atoms with Crippen molar-refractivity contribution >= 4 is 5.91 Å². The minimum atomic E-state index is -1.79. The number of amides is 1. The Morgan fingerprint density at radius 2 is 0.985 bits per heavy atom. The van der Waals surface area contributed by atoms with Crippen LogP contribution in [0, 0.1) is 0 Å². The molecule has 0 bridgehead atoms. The quantitative estimate of drug-likeness (QED) is 0.0239. The van der Waals surface area contributed by atoms with Crippen LogP contribution in [0.4, 0.5) is 0 Å². The zero-order valence-electron chi connectivity index (χ0n) is 40.0. The highest BCUT2D eigenvalue weighted by Crippen LogP contribution is 2.30. The molecule has 2 rings (SSSR count). The maximum absolute atomic E-state index is 13.2. The number of nitrogens with one attached hydrogen (secondary N) is 1. The van der Waals surface area contributed by atoms with Gasteiger partial charge in [-0.3, -0.25) is 4.79 Å². The molecule has 2 heterocycles. The van der Waals surface area contributed by atoms with Gasteiger partial charge in [0.05, 0.1) is 32.0 Å². The topological polar surface area (TPSA) is 228 Å². The molecular formula is C51H91NO13. The van der Waals surface area contributed by atoms with Crippen LogP contribution in [0.15, 0.2) is 48.6 Å². The molecule has 2 saturated heterocycles. The number of carbonyl (C=O) groups is 1. The number of unbranched alkanes of at least 4 members (excludes halogenated alkanes) is 19. The van der Waals surface area contributed by atoms with Gasteiger partial charge in [0.1, 0.15) is 48.8 Å². The van der Waals surface area contributed by atoms with Gasteiger partial charge in [-0.05, 0) is 70.6 Å². The molecule has 9 N–H and O–H groups in total. The molecule has 0 spiro atoms. The van der Waals surface area contributed by atoms with Crippen LogP contribution in [0.2, 0.25) is 0 Å². The molecule has 0 aromatic rings. The minimum Gasteiger partial charge on any atom is -0.394 e. The molecule has 1 amide bonds. The molecule has 14 heteroatoms. The summed E-state index contributed by atoms with van der Waals surface area (Å²) in [5.41, 5.74) is 0. The number of rotatable bonds is 38. The largest absolute Gasteiger partial charge is 0.394 e. The minimum absolute atomic E-state index is 0.259. The van der Waals surface area contributed by atoms with E-state index in [9.17, 15) is 45.6 Å². The lowest BCUT2D eigenvalue weighted by Gasteiger charge is -2.46. The van der Waals surface area contributed by atoms with Crippen molar-refractivity contribution in [2.24, 2.45) is 0 Å². The van der Waals surface area contributed by atoms with Crippen LogP contribution in [0.3, 0.4) is 0 Å². The summed E-state index contributed by atoms with van der Waals surface area (Å²) >= 11 is 0. The van der Waals surface area contributed by atoms with E-state index in [0.717, 1.165) is 64.2 Å².